The largest absolute Gasteiger partial charge is 0.0891 e. The van der Waals surface area contributed by atoms with Crippen molar-refractivity contribution in [2.75, 3.05) is 0 Å². The summed E-state index contributed by atoms with van der Waals surface area (Å²) in [5.41, 5.74) is 2.55. The van der Waals surface area contributed by atoms with E-state index in [4.69, 9.17) is 11.6 Å². The molecule has 0 aliphatic heterocycles. The zero-order chi connectivity index (χ0) is 10.6. The predicted octanol–water partition coefficient (Wildman–Crippen LogP) is 4.75. The van der Waals surface area contributed by atoms with Crippen molar-refractivity contribution in [3.8, 4) is 0 Å². The van der Waals surface area contributed by atoms with Crippen LogP contribution in [-0.4, -0.2) is 4.83 Å². The van der Waals surface area contributed by atoms with Gasteiger partial charge in [0.05, 0.1) is 0 Å². The lowest BCUT2D eigenvalue weighted by molar-refractivity contribution is 0.746. The number of halogens is 2. The molecule has 0 aliphatic rings. The van der Waals surface area contributed by atoms with Gasteiger partial charge in [0.2, 0.25) is 0 Å². The molecular weight excluding hydrogens is 259 g/mol. The van der Waals surface area contributed by atoms with E-state index in [1.165, 1.54) is 24.0 Å². The molecule has 0 bridgehead atoms. The molecule has 0 N–H and O–H groups in total. The number of hydrogen-bond acceptors (Lipinski definition) is 0. The van der Waals surface area contributed by atoms with Gasteiger partial charge in [-0.1, -0.05) is 46.6 Å². The molecule has 14 heavy (non-hydrogen) atoms. The summed E-state index contributed by atoms with van der Waals surface area (Å²) < 4.78 is 0. The Morgan fingerprint density at radius 2 is 2.14 bits per heavy atom. The summed E-state index contributed by atoms with van der Waals surface area (Å²) in [5.74, 6) is 0. The molecule has 1 unspecified atom stereocenters. The molecule has 0 aromatic heterocycles. The van der Waals surface area contributed by atoms with Crippen LogP contribution in [0, 0.1) is 6.92 Å². The van der Waals surface area contributed by atoms with Crippen LogP contribution in [0.3, 0.4) is 0 Å². The maximum Gasteiger partial charge on any atom is 0.0435 e. The Morgan fingerprint density at radius 1 is 1.43 bits per heavy atom. The summed E-state index contributed by atoms with van der Waals surface area (Å²) >= 11 is 9.60. The second kappa shape index (κ2) is 5.77. The SMILES string of the molecule is CCC(Br)CCc1ccc(Cl)c(C)c1. The van der Waals surface area contributed by atoms with Crippen molar-refractivity contribution in [2.45, 2.75) is 37.9 Å². The quantitative estimate of drug-likeness (QED) is 0.695. The summed E-state index contributed by atoms with van der Waals surface area (Å²) in [6, 6.07) is 6.28. The minimum absolute atomic E-state index is 0.637. The van der Waals surface area contributed by atoms with Gasteiger partial charge in [-0.3, -0.25) is 0 Å². The molecule has 78 valence electrons. The summed E-state index contributed by atoms with van der Waals surface area (Å²) in [7, 11) is 0. The molecule has 0 fully saturated rings. The Balaban J connectivity index is 2.55. The first-order valence-electron chi connectivity index (χ1n) is 5.02. The van der Waals surface area contributed by atoms with Gasteiger partial charge in [0.25, 0.3) is 0 Å². The smallest absolute Gasteiger partial charge is 0.0435 e. The van der Waals surface area contributed by atoms with Crippen LogP contribution in [0.25, 0.3) is 0 Å². The van der Waals surface area contributed by atoms with Crippen LogP contribution in [-0.2, 0) is 6.42 Å². The second-order valence-electron chi connectivity index (χ2n) is 3.63. The number of benzene rings is 1. The molecule has 0 aliphatic carbocycles. The molecule has 0 spiro atoms. The first-order chi connectivity index (χ1) is 6.63. The fourth-order valence-electron chi connectivity index (χ4n) is 1.39. The highest BCUT2D eigenvalue weighted by atomic mass is 79.9. The van der Waals surface area contributed by atoms with E-state index in [1.807, 2.05) is 6.07 Å². The molecule has 2 heteroatoms. The van der Waals surface area contributed by atoms with Gasteiger partial charge >= 0.3 is 0 Å². The Labute approximate surface area is 99.8 Å². The lowest BCUT2D eigenvalue weighted by atomic mass is 10.1. The molecule has 1 aromatic rings. The minimum Gasteiger partial charge on any atom is -0.0891 e. The van der Waals surface area contributed by atoms with Crippen LogP contribution in [0.4, 0.5) is 0 Å². The van der Waals surface area contributed by atoms with Crippen molar-refractivity contribution >= 4 is 27.5 Å². The Kier molecular flexibility index (Phi) is 4.97. The van der Waals surface area contributed by atoms with Gasteiger partial charge in [-0.2, -0.15) is 0 Å². The van der Waals surface area contributed by atoms with E-state index >= 15 is 0 Å². The van der Waals surface area contributed by atoms with E-state index in [0.717, 1.165) is 11.4 Å². The average Bonchev–Trinajstić information content (AvgIpc) is 2.19. The summed E-state index contributed by atoms with van der Waals surface area (Å²) in [6.07, 6.45) is 3.51. The zero-order valence-electron chi connectivity index (χ0n) is 8.69. The van der Waals surface area contributed by atoms with Crippen molar-refractivity contribution in [2.24, 2.45) is 0 Å². The van der Waals surface area contributed by atoms with Gasteiger partial charge in [0.1, 0.15) is 0 Å². The molecular formula is C12H16BrCl. The Morgan fingerprint density at radius 3 is 2.71 bits per heavy atom. The monoisotopic (exact) mass is 274 g/mol. The first-order valence-corrected chi connectivity index (χ1v) is 6.32. The molecule has 0 saturated carbocycles. The molecule has 1 rings (SSSR count). The standard InChI is InChI=1S/C12H16BrCl/c1-3-11(13)6-4-10-5-7-12(14)9(2)8-10/h5,7-8,11H,3-4,6H2,1-2H3. The van der Waals surface area contributed by atoms with Crippen LogP contribution in [0.2, 0.25) is 5.02 Å². The van der Waals surface area contributed by atoms with Gasteiger partial charge in [-0.15, -0.1) is 0 Å². The number of alkyl halides is 1. The average molecular weight is 276 g/mol. The first kappa shape index (κ1) is 12.1. The fourth-order valence-corrected chi connectivity index (χ4v) is 1.74. The van der Waals surface area contributed by atoms with Gasteiger partial charge < -0.3 is 0 Å². The zero-order valence-corrected chi connectivity index (χ0v) is 11.0. The molecule has 0 radical (unpaired) electrons. The van der Waals surface area contributed by atoms with Crippen molar-refractivity contribution < 1.29 is 0 Å². The van der Waals surface area contributed by atoms with Crippen LogP contribution in [0.5, 0.6) is 0 Å². The van der Waals surface area contributed by atoms with E-state index in [1.54, 1.807) is 0 Å². The third-order valence-electron chi connectivity index (χ3n) is 2.41. The van der Waals surface area contributed by atoms with Crippen LogP contribution in [0.1, 0.15) is 30.9 Å². The maximum absolute atomic E-state index is 5.96. The van der Waals surface area contributed by atoms with E-state index in [9.17, 15) is 0 Å². The second-order valence-corrected chi connectivity index (χ2v) is 5.33. The Hall–Kier alpha value is -0.0100. The normalized spacial score (nSPS) is 12.9. The lowest BCUT2D eigenvalue weighted by Gasteiger charge is -2.07. The fraction of sp³-hybridized carbons (Fsp3) is 0.500. The van der Waals surface area contributed by atoms with Crippen LogP contribution >= 0.6 is 27.5 Å². The van der Waals surface area contributed by atoms with Crippen LogP contribution < -0.4 is 0 Å². The van der Waals surface area contributed by atoms with Gasteiger partial charge in [0.15, 0.2) is 0 Å². The van der Waals surface area contributed by atoms with Crippen molar-refractivity contribution in [3.63, 3.8) is 0 Å². The highest BCUT2D eigenvalue weighted by molar-refractivity contribution is 9.09. The topological polar surface area (TPSA) is 0 Å². The Bertz CT molecular complexity index is 296. The summed E-state index contributed by atoms with van der Waals surface area (Å²) in [5, 5.41) is 0.861. The molecule has 0 heterocycles. The number of aryl methyl sites for hydroxylation is 2. The van der Waals surface area contributed by atoms with E-state index in [0.29, 0.717) is 4.83 Å². The van der Waals surface area contributed by atoms with E-state index in [-0.39, 0.29) is 0 Å². The van der Waals surface area contributed by atoms with Crippen molar-refractivity contribution in [1.82, 2.24) is 0 Å². The predicted molar refractivity (Wildman–Crippen MR) is 67.5 cm³/mol. The van der Waals surface area contributed by atoms with E-state index in [2.05, 4.69) is 41.9 Å². The summed E-state index contributed by atoms with van der Waals surface area (Å²) in [4.78, 5) is 0.637. The van der Waals surface area contributed by atoms with Crippen LogP contribution in [0.15, 0.2) is 18.2 Å². The number of rotatable bonds is 4. The highest BCUT2D eigenvalue weighted by Crippen LogP contribution is 2.19. The van der Waals surface area contributed by atoms with E-state index < -0.39 is 0 Å². The van der Waals surface area contributed by atoms with Gasteiger partial charge in [-0.05, 0) is 43.4 Å². The van der Waals surface area contributed by atoms with Gasteiger partial charge in [0, 0.05) is 9.85 Å². The minimum atomic E-state index is 0.637. The molecule has 1 atom stereocenters. The van der Waals surface area contributed by atoms with Gasteiger partial charge in [-0.25, -0.2) is 0 Å². The number of hydrogen-bond donors (Lipinski definition) is 0. The third kappa shape index (κ3) is 3.62. The summed E-state index contributed by atoms with van der Waals surface area (Å²) in [6.45, 7) is 4.25. The lowest BCUT2D eigenvalue weighted by Crippen LogP contribution is -1.98. The molecule has 1 aromatic carbocycles. The maximum atomic E-state index is 5.96. The van der Waals surface area contributed by atoms with Crippen molar-refractivity contribution in [3.05, 3.63) is 34.3 Å². The van der Waals surface area contributed by atoms with Crippen molar-refractivity contribution in [1.29, 1.82) is 0 Å². The highest BCUT2D eigenvalue weighted by Gasteiger charge is 2.02. The third-order valence-corrected chi connectivity index (χ3v) is 3.94. The molecule has 0 amide bonds. The molecule has 0 saturated heterocycles. The molecule has 0 nitrogen and oxygen atoms in total.